The number of nitrogens with zero attached hydrogens (tertiary/aromatic N) is 2. The zero-order chi connectivity index (χ0) is 24.6. The zero-order valence-electron chi connectivity index (χ0n) is 17.7. The van der Waals surface area contributed by atoms with Gasteiger partial charge in [0.05, 0.1) is 28.8 Å². The average molecular weight is 500 g/mol. The molecule has 1 fully saturated rings. The quantitative estimate of drug-likeness (QED) is 0.312. The molecular weight excluding hydrogens is 482 g/mol. The van der Waals surface area contributed by atoms with Crippen molar-refractivity contribution < 1.29 is 27.9 Å². The summed E-state index contributed by atoms with van der Waals surface area (Å²) < 4.78 is 28.5. The van der Waals surface area contributed by atoms with Crippen LogP contribution in [0.1, 0.15) is 17.3 Å². The number of halogens is 1. The molecule has 34 heavy (non-hydrogen) atoms. The number of aliphatic hydroxyl groups is 1. The molecule has 1 unspecified atom stereocenters. The molecule has 0 aliphatic carbocycles. The van der Waals surface area contributed by atoms with Crippen molar-refractivity contribution in [1.29, 1.82) is 0 Å². The Morgan fingerprint density at radius 1 is 1.12 bits per heavy atom. The van der Waals surface area contributed by atoms with Crippen LogP contribution >= 0.6 is 11.6 Å². The van der Waals surface area contributed by atoms with Crippen LogP contribution < -0.4 is 14.8 Å². The number of benzene rings is 2. The molecule has 1 amide bonds. The first-order valence-electron chi connectivity index (χ1n) is 9.82. The maximum atomic E-state index is 13.2. The number of anilines is 1. The molecule has 9 nitrogen and oxygen atoms in total. The van der Waals surface area contributed by atoms with Gasteiger partial charge in [-0.1, -0.05) is 17.7 Å². The lowest BCUT2D eigenvalue weighted by atomic mass is 9.97. The van der Waals surface area contributed by atoms with Gasteiger partial charge in [-0.15, -0.1) is 0 Å². The number of hydrogen-bond acceptors (Lipinski definition) is 7. The van der Waals surface area contributed by atoms with Gasteiger partial charge in [0.15, 0.2) is 0 Å². The number of primary sulfonamides is 1. The number of amides is 1. The maximum Gasteiger partial charge on any atom is 0.300 e. The Bertz CT molecular complexity index is 1420. The van der Waals surface area contributed by atoms with Crippen LogP contribution in [0, 0.1) is 0 Å². The minimum atomic E-state index is -3.96. The zero-order valence-corrected chi connectivity index (χ0v) is 19.2. The molecule has 1 aliphatic rings. The van der Waals surface area contributed by atoms with Crippen LogP contribution in [0.25, 0.3) is 5.76 Å². The van der Waals surface area contributed by atoms with Crippen molar-refractivity contribution >= 4 is 44.8 Å². The number of methoxy groups -OCH3 is 1. The monoisotopic (exact) mass is 499 g/mol. The van der Waals surface area contributed by atoms with Gasteiger partial charge in [0.2, 0.25) is 10.0 Å². The first-order chi connectivity index (χ1) is 16.1. The first-order valence-corrected chi connectivity index (χ1v) is 11.7. The summed E-state index contributed by atoms with van der Waals surface area (Å²) in [5.74, 6) is -2.13. The fourth-order valence-electron chi connectivity index (χ4n) is 3.72. The molecule has 2 heterocycles. The number of aliphatic hydroxyl groups excluding tert-OH is 1. The number of Topliss-reactive ketones (excluding diaryl/α,β-unsaturated/α-hetero) is 1. The van der Waals surface area contributed by atoms with Crippen LogP contribution in [0.5, 0.6) is 5.75 Å². The normalized spacial score (nSPS) is 17.7. The van der Waals surface area contributed by atoms with E-state index in [0.717, 1.165) is 4.90 Å². The van der Waals surface area contributed by atoms with Crippen molar-refractivity contribution in [3.8, 4) is 5.75 Å². The molecule has 1 aromatic heterocycles. The van der Waals surface area contributed by atoms with E-state index in [2.05, 4.69) is 4.98 Å². The molecule has 1 aliphatic heterocycles. The molecule has 0 radical (unpaired) electrons. The number of nitrogens with two attached hydrogens (primary N) is 1. The van der Waals surface area contributed by atoms with Gasteiger partial charge >= 0.3 is 0 Å². The largest absolute Gasteiger partial charge is 0.507 e. The Labute approximate surface area is 200 Å². The van der Waals surface area contributed by atoms with E-state index in [1.807, 2.05) is 0 Å². The third kappa shape index (κ3) is 4.14. The van der Waals surface area contributed by atoms with Crippen molar-refractivity contribution in [2.75, 3.05) is 12.0 Å². The Morgan fingerprint density at radius 2 is 1.82 bits per heavy atom. The van der Waals surface area contributed by atoms with Crippen LogP contribution in [0.15, 0.2) is 77.3 Å². The van der Waals surface area contributed by atoms with Gasteiger partial charge in [-0.2, -0.15) is 0 Å². The van der Waals surface area contributed by atoms with Gasteiger partial charge < -0.3 is 9.84 Å². The van der Waals surface area contributed by atoms with Crippen LogP contribution in [0.4, 0.5) is 5.69 Å². The highest BCUT2D eigenvalue weighted by Gasteiger charge is 2.47. The van der Waals surface area contributed by atoms with Gasteiger partial charge in [0.1, 0.15) is 17.6 Å². The number of carbonyl (C=O) groups excluding carboxylic acids is 2. The molecule has 2 aromatic carbocycles. The minimum Gasteiger partial charge on any atom is -0.507 e. The summed E-state index contributed by atoms with van der Waals surface area (Å²) in [5.41, 5.74) is 0.417. The molecule has 4 rings (SSSR count). The van der Waals surface area contributed by atoms with Gasteiger partial charge in [0.25, 0.3) is 11.7 Å². The average Bonchev–Trinajstić information content (AvgIpc) is 3.09. The van der Waals surface area contributed by atoms with E-state index in [1.54, 1.807) is 24.3 Å². The summed E-state index contributed by atoms with van der Waals surface area (Å²) in [6.07, 6.45) is 1.49. The van der Waals surface area contributed by atoms with E-state index < -0.39 is 33.5 Å². The van der Waals surface area contributed by atoms with Crippen LogP contribution in [-0.4, -0.2) is 37.3 Å². The van der Waals surface area contributed by atoms with E-state index in [9.17, 15) is 23.1 Å². The number of carbonyl (C=O) groups is 2. The lowest BCUT2D eigenvalue weighted by molar-refractivity contribution is -0.132. The molecule has 0 bridgehead atoms. The molecule has 174 valence electrons. The molecule has 1 atom stereocenters. The van der Waals surface area contributed by atoms with Crippen molar-refractivity contribution in [2.45, 2.75) is 10.9 Å². The Morgan fingerprint density at radius 3 is 2.41 bits per heavy atom. The Kier molecular flexibility index (Phi) is 6.13. The smallest absolute Gasteiger partial charge is 0.300 e. The summed E-state index contributed by atoms with van der Waals surface area (Å²) in [5, 5.41) is 16.6. The highest BCUT2D eigenvalue weighted by Crippen LogP contribution is 2.43. The van der Waals surface area contributed by atoms with Gasteiger partial charge in [-0.05, 0) is 54.6 Å². The second-order valence-electron chi connectivity index (χ2n) is 7.31. The highest BCUT2D eigenvalue weighted by molar-refractivity contribution is 7.89. The van der Waals surface area contributed by atoms with Crippen molar-refractivity contribution in [1.82, 2.24) is 4.98 Å². The van der Waals surface area contributed by atoms with E-state index in [-0.39, 0.29) is 32.5 Å². The molecule has 0 spiro atoms. The van der Waals surface area contributed by atoms with E-state index >= 15 is 0 Å². The summed E-state index contributed by atoms with van der Waals surface area (Å²) >= 11 is 6.10. The third-order valence-corrected chi connectivity index (χ3v) is 6.44. The number of rotatable bonds is 5. The first kappa shape index (κ1) is 23.4. The van der Waals surface area contributed by atoms with E-state index in [1.165, 1.54) is 49.7 Å². The van der Waals surface area contributed by atoms with Gasteiger partial charge in [-0.3, -0.25) is 19.5 Å². The standard InChI is InChI=1S/C23H18ClN3O6S/c1-33-18-10-5-13(24)12-16(18)21(28)19-20(17-4-2-3-11-26-17)27(23(30)22(19)29)14-6-8-15(9-7-14)34(25,31)32/h2-12,20,28H,1H3,(H2,25,31,32)/b21-19+. The number of ketones is 1. The Balaban J connectivity index is 1.95. The van der Waals surface area contributed by atoms with Crippen LogP contribution in [0.2, 0.25) is 5.02 Å². The second kappa shape index (κ2) is 8.90. The summed E-state index contributed by atoms with van der Waals surface area (Å²) in [6, 6.07) is 13.5. The number of hydrogen-bond donors (Lipinski definition) is 2. The number of aromatic nitrogens is 1. The Hall–Kier alpha value is -3.73. The molecule has 11 heteroatoms. The van der Waals surface area contributed by atoms with Crippen molar-refractivity contribution in [2.24, 2.45) is 5.14 Å². The number of sulfonamides is 1. The van der Waals surface area contributed by atoms with Crippen LogP contribution in [-0.2, 0) is 19.6 Å². The minimum absolute atomic E-state index is 0.124. The van der Waals surface area contributed by atoms with Gasteiger partial charge in [-0.25, -0.2) is 13.6 Å². The fraction of sp³-hybridized carbons (Fsp3) is 0.0870. The summed E-state index contributed by atoms with van der Waals surface area (Å²) in [4.78, 5) is 31.6. The molecular formula is C23H18ClN3O6S. The third-order valence-electron chi connectivity index (χ3n) is 5.27. The number of ether oxygens (including phenoxy) is 1. The lowest BCUT2D eigenvalue weighted by Gasteiger charge is -2.24. The highest BCUT2D eigenvalue weighted by atomic mass is 35.5. The number of pyridine rings is 1. The van der Waals surface area contributed by atoms with Crippen molar-refractivity contribution in [3.05, 3.63) is 88.7 Å². The predicted octanol–water partition coefficient (Wildman–Crippen LogP) is 3.02. The summed E-state index contributed by atoms with van der Waals surface area (Å²) in [6.45, 7) is 0. The molecule has 3 aromatic rings. The van der Waals surface area contributed by atoms with Crippen molar-refractivity contribution in [3.63, 3.8) is 0 Å². The second-order valence-corrected chi connectivity index (χ2v) is 9.31. The molecule has 1 saturated heterocycles. The summed E-state index contributed by atoms with van der Waals surface area (Å²) in [7, 11) is -2.57. The SMILES string of the molecule is COc1ccc(Cl)cc1/C(O)=C1\C(=O)C(=O)N(c2ccc(S(N)(=O)=O)cc2)C1c1ccccn1. The fourth-order valence-corrected chi connectivity index (χ4v) is 4.41. The topological polar surface area (TPSA) is 140 Å². The molecule has 0 saturated carbocycles. The van der Waals surface area contributed by atoms with E-state index in [4.69, 9.17) is 21.5 Å². The maximum absolute atomic E-state index is 13.2. The lowest BCUT2D eigenvalue weighted by Crippen LogP contribution is -2.29. The van der Waals surface area contributed by atoms with Gasteiger partial charge in [0, 0.05) is 16.9 Å². The van der Waals surface area contributed by atoms with Crippen LogP contribution in [0.3, 0.4) is 0 Å². The predicted molar refractivity (Wildman–Crippen MR) is 125 cm³/mol. The van der Waals surface area contributed by atoms with E-state index in [0.29, 0.717) is 5.69 Å². The molecule has 3 N–H and O–H groups in total.